The molecule has 17 heteroatoms. The molecule has 0 aromatic heterocycles. The first-order valence-corrected chi connectivity index (χ1v) is 12.6. The number of carbonyl (C=O) groups is 2. The Morgan fingerprint density at radius 1 is 1.10 bits per heavy atom. The Morgan fingerprint density at radius 3 is 2.18 bits per heavy atom. The predicted octanol–water partition coefficient (Wildman–Crippen LogP) is 2.23. The van der Waals surface area contributed by atoms with Gasteiger partial charge < -0.3 is 31.3 Å². The number of hydrogen-bond donors (Lipinski definition) is 5. The normalized spacial score (nSPS) is 11.9. The number of benzene rings is 2. The fourth-order valence-corrected chi connectivity index (χ4v) is 4.79. The molecule has 0 spiro atoms. The molecule has 0 aliphatic heterocycles. The fourth-order valence-electron chi connectivity index (χ4n) is 2.77. The van der Waals surface area contributed by atoms with Gasteiger partial charge in [-0.05, 0) is 47.8 Å². The van der Waals surface area contributed by atoms with E-state index in [1.807, 2.05) is 0 Å². The predicted molar refractivity (Wildman–Crippen MR) is 134 cm³/mol. The van der Waals surface area contributed by atoms with Crippen molar-refractivity contribution in [2.75, 3.05) is 13.2 Å². The highest BCUT2D eigenvalue weighted by Gasteiger charge is 2.38. The molecule has 0 saturated heterocycles. The minimum absolute atomic E-state index is 0.0202. The van der Waals surface area contributed by atoms with Gasteiger partial charge in [0.25, 0.3) is 0 Å². The molecule has 216 valence electrons. The molecule has 0 heterocycles. The van der Waals surface area contributed by atoms with Gasteiger partial charge in [0.2, 0.25) is 16.0 Å². The van der Waals surface area contributed by atoms with Crippen molar-refractivity contribution in [3.8, 4) is 5.75 Å². The smallest absolute Gasteiger partial charge is 0.490 e. The first-order chi connectivity index (χ1) is 18.0. The van der Waals surface area contributed by atoms with Crippen LogP contribution in [-0.2, 0) is 30.9 Å². The van der Waals surface area contributed by atoms with Crippen LogP contribution in [0.4, 0.5) is 13.2 Å². The van der Waals surface area contributed by atoms with Gasteiger partial charge in [0, 0.05) is 6.42 Å². The number of aliphatic carboxylic acids is 2. The third-order valence-corrected chi connectivity index (χ3v) is 6.55. The lowest BCUT2D eigenvalue weighted by molar-refractivity contribution is -0.192. The number of aryl methyl sites for hydroxylation is 1. The molecule has 0 bridgehead atoms. The Kier molecular flexibility index (Phi) is 12.8. The minimum atomic E-state index is -5.08. The number of nitrogens with one attached hydrogen (secondary N) is 1. The van der Waals surface area contributed by atoms with Crippen molar-refractivity contribution < 1.29 is 51.0 Å². The zero-order chi connectivity index (χ0) is 29.8. The van der Waals surface area contributed by atoms with Crippen molar-refractivity contribution >= 4 is 39.5 Å². The Morgan fingerprint density at radius 2 is 1.69 bits per heavy atom. The zero-order valence-electron chi connectivity index (χ0n) is 20.3. The molecule has 2 aromatic carbocycles. The summed E-state index contributed by atoms with van der Waals surface area (Å²) < 4.78 is 65.0. The Bertz CT molecular complexity index is 1230. The second-order valence-electron chi connectivity index (χ2n) is 7.60. The van der Waals surface area contributed by atoms with Crippen LogP contribution >= 0.6 is 11.6 Å². The summed E-state index contributed by atoms with van der Waals surface area (Å²) in [6.45, 7) is 2.22. The van der Waals surface area contributed by atoms with Gasteiger partial charge >= 0.3 is 18.1 Å². The van der Waals surface area contributed by atoms with Crippen molar-refractivity contribution in [3.05, 3.63) is 58.6 Å². The molecule has 0 aliphatic rings. The highest BCUT2D eigenvalue weighted by Crippen LogP contribution is 2.25. The molecule has 0 amide bonds. The number of alkyl halides is 3. The third kappa shape index (κ3) is 12.1. The molecule has 7 N–H and O–H groups in total. The Hall–Kier alpha value is -3.76. The maximum Gasteiger partial charge on any atom is 0.490 e. The Labute approximate surface area is 226 Å². The average molecular weight is 599 g/mol. The van der Waals surface area contributed by atoms with E-state index in [9.17, 15) is 31.5 Å². The van der Waals surface area contributed by atoms with E-state index < -0.39 is 34.2 Å². The van der Waals surface area contributed by atoms with Crippen LogP contribution in [0.5, 0.6) is 5.75 Å². The lowest BCUT2D eigenvalue weighted by atomic mass is 10.1. The number of guanidine groups is 1. The SMILES string of the molecule is Cc1cccc(Cl)c1S(=O)(=O)N[C@@H](Cc1ccc(OCCCON=C(N)N)cc1)C(=O)O.O=C(O)C(F)(F)F. The van der Waals surface area contributed by atoms with Crippen LogP contribution in [0.3, 0.4) is 0 Å². The van der Waals surface area contributed by atoms with E-state index in [4.69, 9.17) is 42.5 Å². The number of ether oxygens (including phenoxy) is 1. The number of sulfonamides is 1. The second-order valence-corrected chi connectivity index (χ2v) is 9.66. The van der Waals surface area contributed by atoms with Crippen LogP contribution in [0.25, 0.3) is 0 Å². The van der Waals surface area contributed by atoms with Gasteiger partial charge in [0.15, 0.2) is 0 Å². The van der Waals surface area contributed by atoms with E-state index in [1.54, 1.807) is 43.3 Å². The molecule has 2 aromatic rings. The number of rotatable bonds is 12. The van der Waals surface area contributed by atoms with E-state index in [1.165, 1.54) is 6.07 Å². The fraction of sp³-hybridized carbons (Fsp3) is 0.318. The van der Waals surface area contributed by atoms with Crippen LogP contribution in [0, 0.1) is 6.92 Å². The second kappa shape index (κ2) is 15.0. The molecule has 12 nitrogen and oxygen atoms in total. The van der Waals surface area contributed by atoms with E-state index in [-0.39, 0.29) is 28.9 Å². The van der Waals surface area contributed by atoms with E-state index in [0.29, 0.717) is 29.9 Å². The molecule has 1 atom stereocenters. The highest BCUT2D eigenvalue weighted by atomic mass is 35.5. The zero-order valence-corrected chi connectivity index (χ0v) is 21.9. The van der Waals surface area contributed by atoms with Gasteiger partial charge in [0.05, 0.1) is 11.6 Å². The number of halogens is 4. The maximum absolute atomic E-state index is 12.8. The summed E-state index contributed by atoms with van der Waals surface area (Å²) >= 11 is 6.03. The summed E-state index contributed by atoms with van der Waals surface area (Å²) in [5, 5.41) is 20.1. The molecular weight excluding hydrogens is 573 g/mol. The van der Waals surface area contributed by atoms with Crippen LogP contribution in [0.2, 0.25) is 5.02 Å². The van der Waals surface area contributed by atoms with E-state index in [2.05, 4.69) is 9.88 Å². The molecule has 0 radical (unpaired) electrons. The first-order valence-electron chi connectivity index (χ1n) is 10.8. The van der Waals surface area contributed by atoms with Crippen LogP contribution in [-0.4, -0.2) is 62.0 Å². The van der Waals surface area contributed by atoms with Crippen LogP contribution in [0.15, 0.2) is 52.5 Å². The average Bonchev–Trinajstić information content (AvgIpc) is 2.81. The van der Waals surface area contributed by atoms with Gasteiger partial charge in [-0.1, -0.05) is 35.9 Å². The van der Waals surface area contributed by atoms with Crippen molar-refractivity contribution in [2.24, 2.45) is 16.6 Å². The molecule has 0 aliphatic carbocycles. The monoisotopic (exact) mass is 598 g/mol. The van der Waals surface area contributed by atoms with Crippen molar-refractivity contribution in [3.63, 3.8) is 0 Å². The van der Waals surface area contributed by atoms with Crippen molar-refractivity contribution in [1.82, 2.24) is 4.72 Å². The van der Waals surface area contributed by atoms with Crippen LogP contribution in [0.1, 0.15) is 17.5 Å². The maximum atomic E-state index is 12.8. The van der Waals surface area contributed by atoms with Crippen molar-refractivity contribution in [1.29, 1.82) is 0 Å². The number of hydrogen-bond acceptors (Lipinski definition) is 7. The Balaban J connectivity index is 0.000000956. The number of nitrogens with zero attached hydrogens (tertiary/aromatic N) is 1. The molecular formula is C22H26ClF3N4O8S. The molecule has 0 unspecified atom stereocenters. The van der Waals surface area contributed by atoms with Crippen molar-refractivity contribution in [2.45, 2.75) is 36.9 Å². The molecule has 39 heavy (non-hydrogen) atoms. The van der Waals surface area contributed by atoms with Gasteiger partial charge in [-0.3, -0.25) is 4.79 Å². The first kappa shape index (κ1) is 33.3. The standard InChI is InChI=1S/C20H25ClN4O6S.C2HF3O2/c1-13-4-2-5-16(21)18(13)32(28,29)25-17(19(26)27)12-14-6-8-15(9-7-14)30-10-3-11-31-24-20(22)23;3-2(4,5)1(6)7/h2,4-9,17,25H,3,10-12H2,1H3,(H,26,27)(H4,22,23,24);(H,6,7)/t17-;/m0./s1. The van der Waals surface area contributed by atoms with Crippen LogP contribution < -0.4 is 20.9 Å². The largest absolute Gasteiger partial charge is 0.493 e. The quantitative estimate of drug-likeness (QED) is 0.104. The minimum Gasteiger partial charge on any atom is -0.493 e. The van der Waals surface area contributed by atoms with Gasteiger partial charge in [-0.15, -0.1) is 0 Å². The third-order valence-electron chi connectivity index (χ3n) is 4.45. The summed E-state index contributed by atoms with van der Waals surface area (Å²) in [5.41, 5.74) is 11.3. The molecule has 2 rings (SSSR count). The summed E-state index contributed by atoms with van der Waals surface area (Å²) in [4.78, 5) is 25.3. The topological polar surface area (TPSA) is 204 Å². The molecule has 0 fully saturated rings. The van der Waals surface area contributed by atoms with E-state index >= 15 is 0 Å². The number of carboxylic acid groups (broad SMARTS) is 2. The number of nitrogens with two attached hydrogens (primary N) is 2. The highest BCUT2D eigenvalue weighted by molar-refractivity contribution is 7.89. The summed E-state index contributed by atoms with van der Waals surface area (Å²) in [6.07, 6.45) is -4.60. The lowest BCUT2D eigenvalue weighted by Crippen LogP contribution is -2.42. The van der Waals surface area contributed by atoms with Gasteiger partial charge in [0.1, 0.15) is 23.3 Å². The summed E-state index contributed by atoms with van der Waals surface area (Å²) in [5.74, 6) is -3.66. The van der Waals surface area contributed by atoms with Gasteiger partial charge in [-0.2, -0.15) is 17.9 Å². The lowest BCUT2D eigenvalue weighted by Gasteiger charge is -2.17. The summed E-state index contributed by atoms with van der Waals surface area (Å²) in [7, 11) is -4.14. The molecule has 0 saturated carbocycles. The van der Waals surface area contributed by atoms with Gasteiger partial charge in [-0.25, -0.2) is 13.2 Å². The summed E-state index contributed by atoms with van der Waals surface area (Å²) in [6, 6.07) is 9.91. The van der Waals surface area contributed by atoms with E-state index in [0.717, 1.165) is 0 Å². The number of oxime groups is 1. The number of carboxylic acids is 2.